The largest absolute Gasteiger partial charge is 0.493 e. The van der Waals surface area contributed by atoms with Gasteiger partial charge in [-0.05, 0) is 86.8 Å². The molecule has 75 heavy (non-hydrogen) atoms. The van der Waals surface area contributed by atoms with Crippen LogP contribution in [0.25, 0.3) is 16.9 Å². The van der Waals surface area contributed by atoms with Crippen LogP contribution in [0.5, 0.6) is 0 Å². The lowest BCUT2D eigenvalue weighted by Crippen LogP contribution is -2.03. The van der Waals surface area contributed by atoms with Crippen LogP contribution in [0.2, 0.25) is 0 Å². The molecule has 1 aliphatic rings. The molecule has 3 rings (SSSR count). The maximum atomic E-state index is 12.4. The Morgan fingerprint density at radius 2 is 0.560 bits per heavy atom. The third-order valence-corrected chi connectivity index (χ3v) is 16.9. The monoisotopic (exact) mass is 1030 g/mol. The third-order valence-electron chi connectivity index (χ3n) is 16.9. The molecule has 0 fully saturated rings. The van der Waals surface area contributed by atoms with Crippen LogP contribution in [0.1, 0.15) is 365 Å². The summed E-state index contributed by atoms with van der Waals surface area (Å²) in [5.74, 6) is 0. The molecule has 0 atom stereocenters. The van der Waals surface area contributed by atoms with Crippen LogP contribution >= 0.6 is 0 Å². The molecule has 0 saturated heterocycles. The van der Waals surface area contributed by atoms with Crippen LogP contribution in [-0.4, -0.2) is 4.70 Å². The van der Waals surface area contributed by atoms with E-state index in [0.29, 0.717) is 0 Å². The number of hydrogen-bond donors (Lipinski definition) is 0. The van der Waals surface area contributed by atoms with Crippen molar-refractivity contribution in [2.75, 3.05) is 0 Å². The highest BCUT2D eigenvalue weighted by molar-refractivity contribution is 5.84. The number of nitrogens with zero attached hydrogens (tertiary/aromatic N) is 2. The molecule has 0 bridgehead atoms. The number of benzene rings is 2. The van der Waals surface area contributed by atoms with Gasteiger partial charge >= 0.3 is 0 Å². The standard InChI is InChI=1S/C73H124N2/c1-5-9-13-16-18-20-22-24-26-28-30-32-33-34-36-38-40-42-44-46-48-50-53-57-71-70(56-52-49-47-45-43-41-39-37-35-31-29-27-25-23-21-19-17-14-10-6-2)72(68-62-58-66(59-63-68)54-12-8-4)75(74)73(71)69-64-60-67(61-65-69)55-51-15-11-7-3/h52,56,58-65H,5-51,53-55,57H2,1-4H3. The molecule has 426 valence electrons. The molecule has 2 heteroatoms. The summed E-state index contributed by atoms with van der Waals surface area (Å²) in [6, 6.07) is 18.4. The molecular formula is C73H124N2. The Kier molecular flexibility index (Phi) is 42.9. The van der Waals surface area contributed by atoms with Crippen LogP contribution in [-0.2, 0) is 12.8 Å². The van der Waals surface area contributed by atoms with Crippen LogP contribution in [0.4, 0.5) is 0 Å². The van der Waals surface area contributed by atoms with Crippen molar-refractivity contribution in [3.63, 3.8) is 0 Å². The van der Waals surface area contributed by atoms with Crippen molar-refractivity contribution in [3.8, 4) is 0 Å². The lowest BCUT2D eigenvalue weighted by atomic mass is 9.93. The first-order valence-corrected chi connectivity index (χ1v) is 34.0. The normalized spacial score (nSPS) is 13.0. The Labute approximate surface area is 468 Å². The van der Waals surface area contributed by atoms with Gasteiger partial charge in [-0.2, -0.15) is 0 Å². The highest BCUT2D eigenvalue weighted by Gasteiger charge is 2.34. The third kappa shape index (κ3) is 32.7. The summed E-state index contributed by atoms with van der Waals surface area (Å²) in [6.07, 6.45) is 74.7. The maximum absolute atomic E-state index is 12.4. The van der Waals surface area contributed by atoms with Gasteiger partial charge in [0.15, 0.2) is 0 Å². The SMILES string of the molecule is CCCCCCCCCCCCCCCCCCCCC=CC1=C(c2ccc(CCCC)cc2)[N+](=[N-])C(c2ccc(CCCCCC)cc2)=C1CCCCCCCCCCCCCCCCCCCCCCCCC. The van der Waals surface area contributed by atoms with Crippen molar-refractivity contribution in [3.05, 3.63) is 99.6 Å². The molecule has 2 aromatic rings. The van der Waals surface area contributed by atoms with E-state index in [1.807, 2.05) is 0 Å². The van der Waals surface area contributed by atoms with Crippen LogP contribution in [0, 0.1) is 0 Å². The minimum absolute atomic E-state index is 0.967. The lowest BCUT2D eigenvalue weighted by Gasteiger charge is -2.11. The molecular weight excluding hydrogens is 905 g/mol. The van der Waals surface area contributed by atoms with E-state index in [-0.39, 0.29) is 0 Å². The van der Waals surface area contributed by atoms with Crippen molar-refractivity contribution in [2.24, 2.45) is 0 Å². The molecule has 0 aliphatic carbocycles. The molecule has 0 spiro atoms. The molecule has 1 aliphatic heterocycles. The summed E-state index contributed by atoms with van der Waals surface area (Å²) < 4.78 is 1.58. The molecule has 0 unspecified atom stereocenters. The summed E-state index contributed by atoms with van der Waals surface area (Å²) in [6.45, 7) is 9.19. The van der Waals surface area contributed by atoms with Crippen LogP contribution < -0.4 is 0 Å². The average Bonchev–Trinajstić information content (AvgIpc) is 3.72. The minimum Gasteiger partial charge on any atom is -0.493 e. The highest BCUT2D eigenvalue weighted by Crippen LogP contribution is 2.43. The van der Waals surface area contributed by atoms with Gasteiger partial charge in [-0.15, -0.1) is 0 Å². The molecule has 0 radical (unpaired) electrons. The van der Waals surface area contributed by atoms with Gasteiger partial charge in [0.2, 0.25) is 11.4 Å². The van der Waals surface area contributed by atoms with Gasteiger partial charge in [-0.3, -0.25) is 0 Å². The fourth-order valence-electron chi connectivity index (χ4n) is 11.9. The highest BCUT2D eigenvalue weighted by atomic mass is 15.2. The summed E-state index contributed by atoms with van der Waals surface area (Å²) in [4.78, 5) is 0. The summed E-state index contributed by atoms with van der Waals surface area (Å²) in [5, 5.41) is 0. The zero-order valence-electron chi connectivity index (χ0n) is 50.7. The quantitative estimate of drug-likeness (QED) is 0.0466. The van der Waals surface area contributed by atoms with E-state index in [2.05, 4.69) is 88.4 Å². The lowest BCUT2D eigenvalue weighted by molar-refractivity contribution is -0.345. The van der Waals surface area contributed by atoms with Gasteiger partial charge in [0.05, 0.1) is 5.57 Å². The average molecular weight is 1030 g/mol. The second kappa shape index (κ2) is 48.4. The van der Waals surface area contributed by atoms with E-state index in [1.54, 1.807) is 4.70 Å². The van der Waals surface area contributed by atoms with Gasteiger partial charge in [-0.25, -0.2) is 4.70 Å². The number of hydrogen-bond acceptors (Lipinski definition) is 0. The zero-order valence-corrected chi connectivity index (χ0v) is 50.7. The van der Waals surface area contributed by atoms with Gasteiger partial charge in [0.25, 0.3) is 0 Å². The smallest absolute Gasteiger partial charge is 0.215 e. The first-order valence-electron chi connectivity index (χ1n) is 34.0. The van der Waals surface area contributed by atoms with Crippen molar-refractivity contribution >= 4 is 11.4 Å². The number of rotatable bonds is 54. The van der Waals surface area contributed by atoms with E-state index in [0.717, 1.165) is 48.2 Å². The molecule has 0 N–H and O–H groups in total. The fourth-order valence-corrected chi connectivity index (χ4v) is 11.9. The molecule has 2 nitrogen and oxygen atoms in total. The van der Waals surface area contributed by atoms with E-state index in [4.69, 9.17) is 0 Å². The second-order valence-corrected chi connectivity index (χ2v) is 23.9. The molecule has 1 heterocycles. The zero-order chi connectivity index (χ0) is 53.3. The van der Waals surface area contributed by atoms with E-state index in [1.165, 1.54) is 324 Å². The second-order valence-electron chi connectivity index (χ2n) is 23.9. The molecule has 0 aromatic heterocycles. The van der Waals surface area contributed by atoms with Gasteiger partial charge in [0, 0.05) is 16.7 Å². The Morgan fingerprint density at radius 3 is 0.907 bits per heavy atom. The predicted molar refractivity (Wildman–Crippen MR) is 336 cm³/mol. The van der Waals surface area contributed by atoms with Crippen molar-refractivity contribution in [1.29, 1.82) is 0 Å². The van der Waals surface area contributed by atoms with E-state index in [9.17, 15) is 5.53 Å². The Hall–Kier alpha value is -2.74. The predicted octanol–water partition coefficient (Wildman–Crippen LogP) is 25.7. The van der Waals surface area contributed by atoms with Gasteiger partial charge < -0.3 is 5.53 Å². The van der Waals surface area contributed by atoms with E-state index >= 15 is 0 Å². The minimum atomic E-state index is 0.967. The Bertz CT molecular complexity index is 1710. The number of allylic oxidation sites excluding steroid dienone is 4. The summed E-state index contributed by atoms with van der Waals surface area (Å²) >= 11 is 0. The molecule has 0 saturated carbocycles. The van der Waals surface area contributed by atoms with Crippen LogP contribution in [0.3, 0.4) is 0 Å². The van der Waals surface area contributed by atoms with Crippen molar-refractivity contribution in [1.82, 2.24) is 0 Å². The molecule has 0 amide bonds. The number of unbranched alkanes of at least 4 members (excludes halogenated alkanes) is 44. The Morgan fingerprint density at radius 1 is 0.293 bits per heavy atom. The fraction of sp³-hybridized carbons (Fsp3) is 0.753. The summed E-state index contributed by atoms with van der Waals surface area (Å²) in [5.41, 5.74) is 22.0. The van der Waals surface area contributed by atoms with E-state index < -0.39 is 0 Å². The first kappa shape index (κ1) is 66.5. The Balaban J connectivity index is 1.49. The maximum Gasteiger partial charge on any atom is 0.215 e. The van der Waals surface area contributed by atoms with Crippen molar-refractivity contribution in [2.45, 2.75) is 355 Å². The van der Waals surface area contributed by atoms with Gasteiger partial charge in [0.1, 0.15) is 0 Å². The molecule has 2 aromatic carbocycles. The number of aryl methyl sites for hydroxylation is 2. The topological polar surface area (TPSA) is 25.3 Å². The van der Waals surface area contributed by atoms with Crippen LogP contribution in [0.15, 0.2) is 71.8 Å². The van der Waals surface area contributed by atoms with Gasteiger partial charge in [-0.1, -0.05) is 340 Å². The first-order chi connectivity index (χ1) is 37.1. The summed E-state index contributed by atoms with van der Waals surface area (Å²) in [7, 11) is 0. The van der Waals surface area contributed by atoms with Crippen molar-refractivity contribution < 1.29 is 4.70 Å².